The van der Waals surface area contributed by atoms with Gasteiger partial charge in [-0.2, -0.15) is 0 Å². The van der Waals surface area contributed by atoms with Crippen LogP contribution in [0.3, 0.4) is 0 Å². The summed E-state index contributed by atoms with van der Waals surface area (Å²) in [6.07, 6.45) is 5.08. The highest BCUT2D eigenvalue weighted by atomic mass is 79.9. The maximum absolute atomic E-state index is 6.07. The number of likely N-dealkylation sites (tertiary alicyclic amines) is 1. The number of hydrogen-bond donors (Lipinski definition) is 1. The van der Waals surface area contributed by atoms with E-state index in [0.29, 0.717) is 12.2 Å². The van der Waals surface area contributed by atoms with Crippen molar-refractivity contribution in [2.75, 3.05) is 33.4 Å². The lowest BCUT2D eigenvalue weighted by atomic mass is 10.1. The molecular weight excluding hydrogens is 394 g/mol. The molecule has 6 heteroatoms. The summed E-state index contributed by atoms with van der Waals surface area (Å²) < 4.78 is 12.8. The molecule has 26 heavy (non-hydrogen) atoms. The summed E-state index contributed by atoms with van der Waals surface area (Å²) in [5.74, 6) is 0.977. The van der Waals surface area contributed by atoms with Crippen molar-refractivity contribution in [1.82, 2.24) is 10.2 Å². The summed E-state index contributed by atoms with van der Waals surface area (Å²) in [4.78, 5) is 6.80. The molecule has 0 radical (unpaired) electrons. The van der Waals surface area contributed by atoms with Gasteiger partial charge in [-0.15, -0.1) is 0 Å². The number of halogens is 1. The average molecular weight is 424 g/mol. The minimum atomic E-state index is 0.316. The Morgan fingerprint density at radius 1 is 1.35 bits per heavy atom. The van der Waals surface area contributed by atoms with Gasteiger partial charge in [0.2, 0.25) is 0 Å². The van der Waals surface area contributed by atoms with Gasteiger partial charge in [-0.1, -0.05) is 22.0 Å². The van der Waals surface area contributed by atoms with Gasteiger partial charge >= 0.3 is 0 Å². The average Bonchev–Trinajstić information content (AvgIpc) is 3.16. The van der Waals surface area contributed by atoms with E-state index in [1.54, 1.807) is 0 Å². The lowest BCUT2D eigenvalue weighted by Gasteiger charge is -2.34. The van der Waals surface area contributed by atoms with Gasteiger partial charge in [0, 0.05) is 37.8 Å². The van der Waals surface area contributed by atoms with Crippen LogP contribution in [0.25, 0.3) is 0 Å². The number of aryl methyl sites for hydroxylation is 1. The van der Waals surface area contributed by atoms with E-state index >= 15 is 0 Å². The highest BCUT2D eigenvalue weighted by Gasteiger charge is 2.24. The molecule has 0 spiro atoms. The lowest BCUT2D eigenvalue weighted by Crippen LogP contribution is -2.47. The molecule has 2 aliphatic heterocycles. The first kappa shape index (κ1) is 19.6. The maximum atomic E-state index is 6.07. The Labute approximate surface area is 165 Å². The van der Waals surface area contributed by atoms with E-state index in [2.05, 4.69) is 56.3 Å². The molecule has 0 aromatic heterocycles. The van der Waals surface area contributed by atoms with Crippen LogP contribution in [0.2, 0.25) is 0 Å². The van der Waals surface area contributed by atoms with Crippen molar-refractivity contribution in [3.05, 3.63) is 33.8 Å². The van der Waals surface area contributed by atoms with Crippen LogP contribution in [0.15, 0.2) is 27.7 Å². The van der Waals surface area contributed by atoms with E-state index in [1.165, 1.54) is 17.5 Å². The maximum Gasteiger partial charge on any atom is 0.193 e. The monoisotopic (exact) mass is 423 g/mol. The number of piperidine rings is 1. The molecule has 1 N–H and O–H groups in total. The summed E-state index contributed by atoms with van der Waals surface area (Å²) in [5, 5.41) is 3.51. The molecule has 5 nitrogen and oxygen atoms in total. The molecule has 1 atom stereocenters. The van der Waals surface area contributed by atoms with Crippen LogP contribution in [-0.4, -0.2) is 56.4 Å². The summed E-state index contributed by atoms with van der Waals surface area (Å²) >= 11 is 3.52. The van der Waals surface area contributed by atoms with Crippen molar-refractivity contribution in [3.8, 4) is 0 Å². The highest BCUT2D eigenvalue weighted by Crippen LogP contribution is 2.19. The van der Waals surface area contributed by atoms with E-state index < -0.39 is 0 Å². The molecule has 2 aliphatic rings. The number of ether oxygens (including phenoxy) is 2. The molecule has 0 saturated carbocycles. The first-order valence-electron chi connectivity index (χ1n) is 9.59. The molecule has 3 rings (SSSR count). The van der Waals surface area contributed by atoms with Gasteiger partial charge in [-0.3, -0.25) is 4.99 Å². The summed E-state index contributed by atoms with van der Waals surface area (Å²) in [5.41, 5.74) is 2.58. The Bertz CT molecular complexity index is 609. The van der Waals surface area contributed by atoms with E-state index in [4.69, 9.17) is 9.47 Å². The van der Waals surface area contributed by atoms with Crippen LogP contribution in [0.1, 0.15) is 36.8 Å². The molecule has 0 bridgehead atoms. The van der Waals surface area contributed by atoms with E-state index in [1.807, 2.05) is 7.05 Å². The molecule has 0 aliphatic carbocycles. The van der Waals surface area contributed by atoms with Crippen LogP contribution >= 0.6 is 15.9 Å². The predicted molar refractivity (Wildman–Crippen MR) is 109 cm³/mol. The van der Waals surface area contributed by atoms with Crippen molar-refractivity contribution >= 4 is 21.9 Å². The minimum Gasteiger partial charge on any atom is -0.376 e. The fourth-order valence-corrected chi connectivity index (χ4v) is 4.09. The van der Waals surface area contributed by atoms with Gasteiger partial charge < -0.3 is 19.7 Å². The Balaban J connectivity index is 1.43. The molecule has 2 heterocycles. The Kier molecular flexibility index (Phi) is 7.34. The largest absolute Gasteiger partial charge is 0.376 e. The molecule has 144 valence electrons. The van der Waals surface area contributed by atoms with Gasteiger partial charge in [-0.25, -0.2) is 0 Å². The number of rotatable bonds is 5. The van der Waals surface area contributed by atoms with Crippen molar-refractivity contribution in [2.24, 2.45) is 4.99 Å². The Morgan fingerprint density at radius 3 is 2.81 bits per heavy atom. The normalized spacial score (nSPS) is 22.0. The van der Waals surface area contributed by atoms with Gasteiger partial charge in [0.05, 0.1) is 18.8 Å². The van der Waals surface area contributed by atoms with Gasteiger partial charge in [0.25, 0.3) is 0 Å². The quantitative estimate of drug-likeness (QED) is 0.581. The topological polar surface area (TPSA) is 46.1 Å². The predicted octanol–water partition coefficient (Wildman–Crippen LogP) is 3.49. The summed E-state index contributed by atoms with van der Waals surface area (Å²) in [6, 6.07) is 6.39. The fourth-order valence-electron chi connectivity index (χ4n) is 3.62. The van der Waals surface area contributed by atoms with E-state index in [9.17, 15) is 0 Å². The first-order valence-corrected chi connectivity index (χ1v) is 10.4. The SMILES string of the molecule is CN=C(NCc1ccc(Br)cc1C)N1CCC(OCC2CCCO2)CC1. The zero-order valence-electron chi connectivity index (χ0n) is 15.8. The van der Waals surface area contributed by atoms with Crippen LogP contribution < -0.4 is 5.32 Å². The molecular formula is C20H30BrN3O2. The second-order valence-corrected chi connectivity index (χ2v) is 8.04. The number of nitrogens with zero attached hydrogens (tertiary/aromatic N) is 2. The second-order valence-electron chi connectivity index (χ2n) is 7.13. The Hall–Kier alpha value is -1.11. The lowest BCUT2D eigenvalue weighted by molar-refractivity contribution is -0.0367. The van der Waals surface area contributed by atoms with Crippen LogP contribution in [0.5, 0.6) is 0 Å². The van der Waals surface area contributed by atoms with E-state index in [-0.39, 0.29) is 0 Å². The number of aliphatic imine (C=N–C) groups is 1. The number of guanidine groups is 1. The minimum absolute atomic E-state index is 0.316. The number of hydrogen-bond acceptors (Lipinski definition) is 3. The first-order chi connectivity index (χ1) is 12.7. The van der Waals surface area contributed by atoms with Crippen molar-refractivity contribution in [2.45, 2.75) is 51.4 Å². The number of benzene rings is 1. The van der Waals surface area contributed by atoms with Crippen LogP contribution in [0.4, 0.5) is 0 Å². The number of nitrogens with one attached hydrogen (secondary N) is 1. The molecule has 1 aromatic rings. The smallest absolute Gasteiger partial charge is 0.193 e. The van der Waals surface area contributed by atoms with Crippen molar-refractivity contribution in [3.63, 3.8) is 0 Å². The molecule has 2 fully saturated rings. The molecule has 1 unspecified atom stereocenters. The zero-order valence-corrected chi connectivity index (χ0v) is 17.4. The highest BCUT2D eigenvalue weighted by molar-refractivity contribution is 9.10. The van der Waals surface area contributed by atoms with E-state index in [0.717, 1.165) is 62.5 Å². The third-order valence-corrected chi connectivity index (χ3v) is 5.73. The van der Waals surface area contributed by atoms with Gasteiger partial charge in [-0.05, 0) is 55.9 Å². The molecule has 0 amide bonds. The summed E-state index contributed by atoms with van der Waals surface area (Å²) in [6.45, 7) is 6.54. The fraction of sp³-hybridized carbons (Fsp3) is 0.650. The van der Waals surface area contributed by atoms with Crippen molar-refractivity contribution < 1.29 is 9.47 Å². The van der Waals surface area contributed by atoms with Crippen LogP contribution in [-0.2, 0) is 16.0 Å². The van der Waals surface area contributed by atoms with Gasteiger partial charge in [0.15, 0.2) is 5.96 Å². The van der Waals surface area contributed by atoms with Crippen molar-refractivity contribution in [1.29, 1.82) is 0 Å². The second kappa shape index (κ2) is 9.72. The Morgan fingerprint density at radius 2 is 2.15 bits per heavy atom. The standard InChI is InChI=1S/C20H30BrN3O2/c1-15-12-17(21)6-5-16(15)13-23-20(22-2)24-9-7-18(8-10-24)26-14-19-4-3-11-25-19/h5-6,12,18-19H,3-4,7-11,13-14H2,1-2H3,(H,22,23). The summed E-state index contributed by atoms with van der Waals surface area (Å²) in [7, 11) is 1.86. The van der Waals surface area contributed by atoms with Crippen LogP contribution in [0, 0.1) is 6.92 Å². The van der Waals surface area contributed by atoms with Gasteiger partial charge in [0.1, 0.15) is 0 Å². The zero-order chi connectivity index (χ0) is 18.4. The molecule has 2 saturated heterocycles. The third-order valence-electron chi connectivity index (χ3n) is 5.24. The third kappa shape index (κ3) is 5.44. The molecule has 1 aromatic carbocycles.